The van der Waals surface area contributed by atoms with Crippen molar-refractivity contribution in [2.45, 2.75) is 18.9 Å². The number of nitrogens with zero attached hydrogens (tertiary/aromatic N) is 1. The molecular formula is C17H15N3O. The van der Waals surface area contributed by atoms with Crippen LogP contribution < -0.4 is 5.32 Å². The molecule has 3 aromatic rings. The molecule has 1 aliphatic rings. The standard InChI is InChI=1S/C17H15N3O/c21-17(12-6-8-15-16(9-12)19-10-18-15)20-14-7-5-11-3-1-2-4-13(11)14/h1-4,6,8-10,14H,5,7H2,(H,18,19)(H,20,21)/t14-/m1/s1. The summed E-state index contributed by atoms with van der Waals surface area (Å²) in [7, 11) is 0. The van der Waals surface area contributed by atoms with E-state index >= 15 is 0 Å². The third-order valence-electron chi connectivity index (χ3n) is 4.12. The van der Waals surface area contributed by atoms with Crippen molar-refractivity contribution in [1.82, 2.24) is 15.3 Å². The first-order valence-corrected chi connectivity index (χ1v) is 7.13. The van der Waals surface area contributed by atoms with E-state index in [1.807, 2.05) is 24.3 Å². The molecule has 0 saturated carbocycles. The summed E-state index contributed by atoms with van der Waals surface area (Å²) in [5.41, 5.74) is 5.00. The van der Waals surface area contributed by atoms with Crippen LogP contribution in [0.25, 0.3) is 11.0 Å². The maximum absolute atomic E-state index is 12.4. The van der Waals surface area contributed by atoms with Gasteiger partial charge < -0.3 is 10.3 Å². The SMILES string of the molecule is O=C(N[C@@H]1CCc2ccccc21)c1ccc2nc[nH]c2c1. The maximum Gasteiger partial charge on any atom is 0.251 e. The van der Waals surface area contributed by atoms with E-state index in [-0.39, 0.29) is 11.9 Å². The number of H-pyrrole nitrogens is 1. The molecule has 1 atom stereocenters. The van der Waals surface area contributed by atoms with Crippen molar-refractivity contribution < 1.29 is 4.79 Å². The molecular weight excluding hydrogens is 262 g/mol. The van der Waals surface area contributed by atoms with E-state index in [4.69, 9.17) is 0 Å². The Labute approximate surface area is 122 Å². The van der Waals surface area contributed by atoms with E-state index in [0.29, 0.717) is 5.56 Å². The number of aromatic amines is 1. The van der Waals surface area contributed by atoms with Crippen molar-refractivity contribution in [3.63, 3.8) is 0 Å². The summed E-state index contributed by atoms with van der Waals surface area (Å²) in [5, 5.41) is 3.14. The first-order chi connectivity index (χ1) is 10.3. The number of aromatic nitrogens is 2. The Balaban J connectivity index is 1.58. The highest BCUT2D eigenvalue weighted by molar-refractivity contribution is 5.97. The van der Waals surface area contributed by atoms with Crippen LogP contribution in [0.4, 0.5) is 0 Å². The second kappa shape index (κ2) is 4.74. The van der Waals surface area contributed by atoms with Gasteiger partial charge in [-0.25, -0.2) is 4.98 Å². The number of hydrogen-bond donors (Lipinski definition) is 2. The zero-order valence-electron chi connectivity index (χ0n) is 11.5. The lowest BCUT2D eigenvalue weighted by molar-refractivity contribution is 0.0937. The van der Waals surface area contributed by atoms with Crippen LogP contribution in [-0.2, 0) is 6.42 Å². The highest BCUT2D eigenvalue weighted by Crippen LogP contribution is 2.30. The molecule has 104 valence electrons. The Morgan fingerprint density at radius 2 is 2.14 bits per heavy atom. The van der Waals surface area contributed by atoms with Crippen LogP contribution >= 0.6 is 0 Å². The van der Waals surface area contributed by atoms with E-state index in [1.54, 1.807) is 6.33 Å². The topological polar surface area (TPSA) is 57.8 Å². The monoisotopic (exact) mass is 277 g/mol. The zero-order chi connectivity index (χ0) is 14.2. The second-order valence-corrected chi connectivity index (χ2v) is 5.40. The van der Waals surface area contributed by atoms with Crippen molar-refractivity contribution >= 4 is 16.9 Å². The Morgan fingerprint density at radius 1 is 1.24 bits per heavy atom. The van der Waals surface area contributed by atoms with Gasteiger partial charge in [-0.3, -0.25) is 4.79 Å². The molecule has 2 N–H and O–H groups in total. The number of rotatable bonds is 2. The third-order valence-corrected chi connectivity index (χ3v) is 4.12. The number of amides is 1. The summed E-state index contributed by atoms with van der Waals surface area (Å²) in [6.45, 7) is 0. The molecule has 2 aromatic carbocycles. The van der Waals surface area contributed by atoms with Gasteiger partial charge in [-0.1, -0.05) is 24.3 Å². The average Bonchev–Trinajstić information content (AvgIpc) is 3.13. The van der Waals surface area contributed by atoms with Crippen molar-refractivity contribution in [2.24, 2.45) is 0 Å². The molecule has 1 heterocycles. The van der Waals surface area contributed by atoms with E-state index in [9.17, 15) is 4.79 Å². The first kappa shape index (κ1) is 12.1. The fourth-order valence-electron chi connectivity index (χ4n) is 3.03. The van der Waals surface area contributed by atoms with Gasteiger partial charge in [-0.05, 0) is 42.2 Å². The number of nitrogens with one attached hydrogen (secondary N) is 2. The van der Waals surface area contributed by atoms with Gasteiger partial charge in [-0.2, -0.15) is 0 Å². The fourth-order valence-corrected chi connectivity index (χ4v) is 3.03. The predicted octanol–water partition coefficient (Wildman–Crippen LogP) is 2.98. The molecule has 21 heavy (non-hydrogen) atoms. The Kier molecular flexibility index (Phi) is 2.74. The number of benzene rings is 2. The fraction of sp³-hybridized carbons (Fsp3) is 0.176. The molecule has 1 amide bonds. The van der Waals surface area contributed by atoms with Gasteiger partial charge in [0.1, 0.15) is 0 Å². The van der Waals surface area contributed by atoms with Gasteiger partial charge in [0.25, 0.3) is 5.91 Å². The largest absolute Gasteiger partial charge is 0.345 e. The summed E-state index contributed by atoms with van der Waals surface area (Å²) >= 11 is 0. The lowest BCUT2D eigenvalue weighted by atomic mass is 10.1. The van der Waals surface area contributed by atoms with Crippen LogP contribution in [0.3, 0.4) is 0 Å². The summed E-state index contributed by atoms with van der Waals surface area (Å²) < 4.78 is 0. The number of aryl methyl sites for hydroxylation is 1. The van der Waals surface area contributed by atoms with Gasteiger partial charge in [0.15, 0.2) is 0 Å². The summed E-state index contributed by atoms with van der Waals surface area (Å²) in [6.07, 6.45) is 3.64. The number of hydrogen-bond acceptors (Lipinski definition) is 2. The predicted molar refractivity (Wildman–Crippen MR) is 81.1 cm³/mol. The number of carbonyl (C=O) groups is 1. The maximum atomic E-state index is 12.4. The van der Waals surface area contributed by atoms with Crippen LogP contribution in [0.15, 0.2) is 48.8 Å². The van der Waals surface area contributed by atoms with E-state index in [1.165, 1.54) is 11.1 Å². The van der Waals surface area contributed by atoms with E-state index < -0.39 is 0 Å². The molecule has 0 spiro atoms. The molecule has 0 unspecified atom stereocenters. The van der Waals surface area contributed by atoms with Crippen LogP contribution in [0, 0.1) is 0 Å². The van der Waals surface area contributed by atoms with E-state index in [0.717, 1.165) is 23.9 Å². The van der Waals surface area contributed by atoms with Crippen molar-refractivity contribution in [2.75, 3.05) is 0 Å². The Hall–Kier alpha value is -2.62. The van der Waals surface area contributed by atoms with Gasteiger partial charge in [-0.15, -0.1) is 0 Å². The number of imidazole rings is 1. The smallest absolute Gasteiger partial charge is 0.251 e. The normalized spacial score (nSPS) is 16.9. The molecule has 4 heteroatoms. The Morgan fingerprint density at radius 3 is 3.10 bits per heavy atom. The van der Waals surface area contributed by atoms with Crippen LogP contribution in [-0.4, -0.2) is 15.9 Å². The zero-order valence-corrected chi connectivity index (χ0v) is 11.5. The highest BCUT2D eigenvalue weighted by atomic mass is 16.1. The molecule has 0 radical (unpaired) electrons. The Bertz CT molecular complexity index is 822. The van der Waals surface area contributed by atoms with Gasteiger partial charge >= 0.3 is 0 Å². The summed E-state index contributed by atoms with van der Waals surface area (Å²) in [4.78, 5) is 19.6. The molecule has 0 fully saturated rings. The molecule has 0 aliphatic heterocycles. The minimum absolute atomic E-state index is 0.0341. The van der Waals surface area contributed by atoms with Crippen molar-refractivity contribution in [1.29, 1.82) is 0 Å². The first-order valence-electron chi connectivity index (χ1n) is 7.13. The van der Waals surface area contributed by atoms with Crippen molar-refractivity contribution in [3.05, 3.63) is 65.5 Å². The molecule has 4 nitrogen and oxygen atoms in total. The van der Waals surface area contributed by atoms with Crippen LogP contribution in [0.5, 0.6) is 0 Å². The summed E-state index contributed by atoms with van der Waals surface area (Å²) in [6, 6.07) is 14.0. The van der Waals surface area contributed by atoms with E-state index in [2.05, 4.69) is 33.5 Å². The van der Waals surface area contributed by atoms with Crippen molar-refractivity contribution in [3.8, 4) is 0 Å². The quantitative estimate of drug-likeness (QED) is 0.756. The lowest BCUT2D eigenvalue weighted by Crippen LogP contribution is -2.27. The molecule has 0 saturated heterocycles. The number of fused-ring (bicyclic) bond motifs is 2. The molecule has 1 aromatic heterocycles. The molecule has 0 bridgehead atoms. The van der Waals surface area contributed by atoms with Gasteiger partial charge in [0, 0.05) is 5.56 Å². The minimum atomic E-state index is -0.0341. The van der Waals surface area contributed by atoms with Gasteiger partial charge in [0.2, 0.25) is 0 Å². The van der Waals surface area contributed by atoms with Crippen LogP contribution in [0.2, 0.25) is 0 Å². The number of carbonyl (C=O) groups excluding carboxylic acids is 1. The van der Waals surface area contributed by atoms with Crippen LogP contribution in [0.1, 0.15) is 33.9 Å². The third kappa shape index (κ3) is 2.09. The molecule has 1 aliphatic carbocycles. The summed E-state index contributed by atoms with van der Waals surface area (Å²) in [5.74, 6) is -0.0341. The highest BCUT2D eigenvalue weighted by Gasteiger charge is 2.23. The molecule has 4 rings (SSSR count). The average molecular weight is 277 g/mol. The van der Waals surface area contributed by atoms with Gasteiger partial charge in [0.05, 0.1) is 23.4 Å². The minimum Gasteiger partial charge on any atom is -0.345 e. The lowest BCUT2D eigenvalue weighted by Gasteiger charge is -2.14. The second-order valence-electron chi connectivity index (χ2n) is 5.40.